The average molecular weight is 300 g/mol. The van der Waals surface area contributed by atoms with Crippen molar-refractivity contribution in [1.29, 1.82) is 0 Å². The highest BCUT2D eigenvalue weighted by Gasteiger charge is 2.56. The third-order valence-electron chi connectivity index (χ3n) is 3.16. The molecular weight excluding hydrogens is 289 g/mol. The van der Waals surface area contributed by atoms with Gasteiger partial charge in [-0.1, -0.05) is 12.1 Å². The maximum atomic E-state index is 12.6. The lowest BCUT2D eigenvalue weighted by molar-refractivity contribution is -0.266. The number of ether oxygens (including phenoxy) is 2. The van der Waals surface area contributed by atoms with Crippen molar-refractivity contribution < 1.29 is 27.8 Å². The SMILES string of the molecule is O[C@]1(C(F)(F)F)CC(/C=C/c2ccc3c(c2)OCO3)=NN1. The van der Waals surface area contributed by atoms with E-state index in [9.17, 15) is 18.3 Å². The van der Waals surface area contributed by atoms with Crippen LogP contribution in [0.5, 0.6) is 11.5 Å². The number of aliphatic hydroxyl groups is 1. The first-order valence-electron chi connectivity index (χ1n) is 6.08. The van der Waals surface area contributed by atoms with Gasteiger partial charge in [-0.25, -0.2) is 0 Å². The van der Waals surface area contributed by atoms with Gasteiger partial charge in [0.15, 0.2) is 11.5 Å². The maximum Gasteiger partial charge on any atom is 0.438 e. The van der Waals surface area contributed by atoms with E-state index in [2.05, 4.69) is 5.10 Å². The van der Waals surface area contributed by atoms with E-state index in [1.54, 1.807) is 29.7 Å². The molecule has 0 saturated heterocycles. The van der Waals surface area contributed by atoms with E-state index >= 15 is 0 Å². The van der Waals surface area contributed by atoms with Gasteiger partial charge >= 0.3 is 6.18 Å². The second-order valence-corrected chi connectivity index (χ2v) is 4.70. The van der Waals surface area contributed by atoms with Gasteiger partial charge in [-0.05, 0) is 23.8 Å². The number of alkyl halides is 3. The molecule has 112 valence electrons. The van der Waals surface area contributed by atoms with Gasteiger partial charge < -0.3 is 14.6 Å². The molecule has 2 aliphatic rings. The molecule has 1 aromatic carbocycles. The molecule has 2 heterocycles. The van der Waals surface area contributed by atoms with Crippen LogP contribution in [0.25, 0.3) is 6.08 Å². The number of allylic oxidation sites excluding steroid dienone is 1. The fourth-order valence-electron chi connectivity index (χ4n) is 1.97. The quantitative estimate of drug-likeness (QED) is 0.877. The Morgan fingerprint density at radius 2 is 2.00 bits per heavy atom. The van der Waals surface area contributed by atoms with E-state index in [-0.39, 0.29) is 12.5 Å². The van der Waals surface area contributed by atoms with Crippen molar-refractivity contribution in [3.05, 3.63) is 29.8 Å². The molecule has 0 radical (unpaired) electrons. The van der Waals surface area contributed by atoms with Crippen LogP contribution < -0.4 is 14.9 Å². The molecule has 5 nitrogen and oxygen atoms in total. The molecule has 8 heteroatoms. The Bertz CT molecular complexity index is 628. The van der Waals surface area contributed by atoms with E-state index < -0.39 is 18.3 Å². The fraction of sp³-hybridized carbons (Fsp3) is 0.308. The summed E-state index contributed by atoms with van der Waals surface area (Å²) in [7, 11) is 0. The molecule has 0 amide bonds. The van der Waals surface area contributed by atoms with E-state index in [1.807, 2.05) is 0 Å². The molecule has 1 atom stereocenters. The molecule has 2 aliphatic heterocycles. The van der Waals surface area contributed by atoms with Gasteiger partial charge in [0.25, 0.3) is 5.72 Å². The van der Waals surface area contributed by atoms with E-state index in [4.69, 9.17) is 9.47 Å². The van der Waals surface area contributed by atoms with Crippen LogP contribution in [0.4, 0.5) is 13.2 Å². The highest BCUT2D eigenvalue weighted by molar-refractivity contribution is 5.99. The van der Waals surface area contributed by atoms with Crippen LogP contribution in [-0.2, 0) is 0 Å². The minimum Gasteiger partial charge on any atom is -0.454 e. The summed E-state index contributed by atoms with van der Waals surface area (Å²) < 4.78 is 48.1. The summed E-state index contributed by atoms with van der Waals surface area (Å²) >= 11 is 0. The minimum atomic E-state index is -4.79. The highest BCUT2D eigenvalue weighted by atomic mass is 19.4. The Morgan fingerprint density at radius 3 is 2.71 bits per heavy atom. The lowest BCUT2D eigenvalue weighted by Gasteiger charge is -2.24. The first-order chi connectivity index (χ1) is 9.87. The smallest absolute Gasteiger partial charge is 0.438 e. The van der Waals surface area contributed by atoms with Crippen molar-refractivity contribution in [2.75, 3.05) is 6.79 Å². The molecule has 0 aliphatic carbocycles. The summed E-state index contributed by atoms with van der Waals surface area (Å²) in [4.78, 5) is 0. The van der Waals surface area contributed by atoms with Crippen molar-refractivity contribution in [2.45, 2.75) is 18.3 Å². The van der Waals surface area contributed by atoms with Gasteiger partial charge in [-0.3, -0.25) is 5.43 Å². The number of hydrogen-bond donors (Lipinski definition) is 2. The zero-order valence-corrected chi connectivity index (χ0v) is 10.6. The largest absolute Gasteiger partial charge is 0.454 e. The predicted molar refractivity (Wildman–Crippen MR) is 67.8 cm³/mol. The lowest BCUT2D eigenvalue weighted by atomic mass is 10.1. The van der Waals surface area contributed by atoms with E-state index in [0.717, 1.165) is 5.56 Å². The van der Waals surface area contributed by atoms with Crippen LogP contribution in [0.3, 0.4) is 0 Å². The van der Waals surface area contributed by atoms with Crippen LogP contribution in [0, 0.1) is 0 Å². The molecule has 0 unspecified atom stereocenters. The first kappa shape index (κ1) is 13.7. The minimum absolute atomic E-state index is 0.104. The first-order valence-corrected chi connectivity index (χ1v) is 6.08. The van der Waals surface area contributed by atoms with Gasteiger partial charge in [0.1, 0.15) is 0 Å². The summed E-state index contributed by atoms with van der Waals surface area (Å²) in [6.07, 6.45) is -2.43. The molecule has 21 heavy (non-hydrogen) atoms. The van der Waals surface area contributed by atoms with Gasteiger partial charge in [-0.15, -0.1) is 0 Å². The highest BCUT2D eigenvalue weighted by Crippen LogP contribution is 2.35. The second kappa shape index (κ2) is 4.66. The summed E-state index contributed by atoms with van der Waals surface area (Å²) in [6, 6.07) is 5.16. The van der Waals surface area contributed by atoms with Crippen molar-refractivity contribution in [3.63, 3.8) is 0 Å². The molecule has 0 saturated carbocycles. The number of halogens is 3. The van der Waals surface area contributed by atoms with Crippen LogP contribution in [-0.4, -0.2) is 29.5 Å². The standard InChI is InChI=1S/C13H11F3N2O3/c14-13(15,16)12(19)6-9(17-18-12)3-1-8-2-4-10-11(5-8)21-7-20-10/h1-5,18-19H,6-7H2/b3-1+/t12-/m0/s1. The molecule has 3 rings (SSSR count). The average Bonchev–Trinajstić information content (AvgIpc) is 3.02. The third kappa shape index (κ3) is 2.54. The van der Waals surface area contributed by atoms with E-state index in [1.165, 1.54) is 6.08 Å². The molecule has 0 bridgehead atoms. The zero-order chi connectivity index (χ0) is 15.1. The molecule has 0 aromatic heterocycles. The predicted octanol–water partition coefficient (Wildman–Crippen LogP) is 2.03. The zero-order valence-electron chi connectivity index (χ0n) is 10.6. The maximum absolute atomic E-state index is 12.6. The molecule has 2 N–H and O–H groups in total. The van der Waals surface area contributed by atoms with Crippen LogP contribution in [0.15, 0.2) is 29.4 Å². The van der Waals surface area contributed by atoms with Crippen molar-refractivity contribution in [1.82, 2.24) is 5.43 Å². The Morgan fingerprint density at radius 1 is 1.24 bits per heavy atom. The van der Waals surface area contributed by atoms with E-state index in [0.29, 0.717) is 11.5 Å². The van der Waals surface area contributed by atoms with Gasteiger partial charge in [0.2, 0.25) is 6.79 Å². The van der Waals surface area contributed by atoms with Gasteiger partial charge in [0.05, 0.1) is 12.1 Å². The summed E-state index contributed by atoms with van der Waals surface area (Å²) in [5.41, 5.74) is -0.444. The number of rotatable bonds is 2. The topological polar surface area (TPSA) is 63.1 Å². The number of hydrogen-bond acceptors (Lipinski definition) is 5. The molecule has 1 aromatic rings. The molecule has 0 spiro atoms. The van der Waals surface area contributed by atoms with Crippen LogP contribution in [0.2, 0.25) is 0 Å². The summed E-state index contributed by atoms with van der Waals surface area (Å²) in [5.74, 6) is 1.20. The van der Waals surface area contributed by atoms with Gasteiger partial charge in [-0.2, -0.15) is 18.3 Å². The van der Waals surface area contributed by atoms with Gasteiger partial charge in [0, 0.05) is 0 Å². The monoisotopic (exact) mass is 300 g/mol. The lowest BCUT2D eigenvalue weighted by Crippen LogP contribution is -2.52. The van der Waals surface area contributed by atoms with Crippen molar-refractivity contribution in [3.8, 4) is 11.5 Å². The summed E-state index contributed by atoms with van der Waals surface area (Å²) in [5, 5.41) is 12.9. The number of nitrogens with one attached hydrogen (secondary N) is 1. The fourth-order valence-corrected chi connectivity index (χ4v) is 1.97. The summed E-state index contributed by atoms with van der Waals surface area (Å²) in [6.45, 7) is 0.151. The Hall–Kier alpha value is -2.22. The third-order valence-corrected chi connectivity index (χ3v) is 3.16. The Kier molecular flexibility index (Phi) is 3.05. The van der Waals surface area contributed by atoms with Crippen LogP contribution >= 0.6 is 0 Å². The molecular formula is C13H11F3N2O3. The van der Waals surface area contributed by atoms with Crippen LogP contribution in [0.1, 0.15) is 12.0 Å². The molecule has 0 fully saturated rings. The number of nitrogens with zero attached hydrogens (tertiary/aromatic N) is 1. The Balaban J connectivity index is 1.71. The number of benzene rings is 1. The normalized spacial score (nSPS) is 24.3. The van der Waals surface area contributed by atoms with Crippen molar-refractivity contribution >= 4 is 11.8 Å². The second-order valence-electron chi connectivity index (χ2n) is 4.70. The Labute approximate surface area is 117 Å². The number of hydrazone groups is 1. The van der Waals surface area contributed by atoms with Crippen molar-refractivity contribution in [2.24, 2.45) is 5.10 Å². The number of fused-ring (bicyclic) bond motifs is 1.